The molecule has 0 aromatic rings. The summed E-state index contributed by atoms with van der Waals surface area (Å²) in [5.41, 5.74) is 0.168. The molecule has 1 saturated carbocycles. The summed E-state index contributed by atoms with van der Waals surface area (Å²) in [7, 11) is 1.64. The molecule has 1 rings (SSSR count). The Balaban J connectivity index is 2.19. The molecule has 16 heavy (non-hydrogen) atoms. The molecule has 1 amide bonds. The Labute approximate surface area is 98.1 Å². The molecule has 1 atom stereocenters. The van der Waals surface area contributed by atoms with Crippen molar-refractivity contribution in [3.05, 3.63) is 0 Å². The van der Waals surface area contributed by atoms with Crippen LogP contribution in [-0.2, 0) is 9.53 Å². The van der Waals surface area contributed by atoms with Crippen LogP contribution in [0.15, 0.2) is 0 Å². The Kier molecular flexibility index (Phi) is 5.22. The van der Waals surface area contributed by atoms with Crippen LogP contribution in [0.4, 0.5) is 0 Å². The number of rotatable bonds is 6. The summed E-state index contributed by atoms with van der Waals surface area (Å²) in [6.45, 7) is 5.11. The molecule has 94 valence electrons. The number of methoxy groups -OCH3 is 1. The molecular formula is C12H24N2O2. The molecule has 1 unspecified atom stereocenters. The van der Waals surface area contributed by atoms with Gasteiger partial charge < -0.3 is 15.4 Å². The summed E-state index contributed by atoms with van der Waals surface area (Å²) in [6, 6.07) is 0.0793. The third kappa shape index (κ3) is 4.49. The molecule has 1 aliphatic rings. The summed E-state index contributed by atoms with van der Waals surface area (Å²) >= 11 is 0. The van der Waals surface area contributed by atoms with E-state index in [-0.39, 0.29) is 17.5 Å². The van der Waals surface area contributed by atoms with Crippen LogP contribution in [0.1, 0.15) is 39.5 Å². The summed E-state index contributed by atoms with van der Waals surface area (Å²) in [5.74, 6) is 0.0534. The van der Waals surface area contributed by atoms with Gasteiger partial charge in [-0.3, -0.25) is 4.79 Å². The molecule has 2 N–H and O–H groups in total. The first-order chi connectivity index (χ1) is 7.56. The van der Waals surface area contributed by atoms with Gasteiger partial charge in [0.2, 0.25) is 5.91 Å². The maximum absolute atomic E-state index is 11.6. The third-order valence-electron chi connectivity index (χ3n) is 3.21. The minimum Gasteiger partial charge on any atom is -0.383 e. The van der Waals surface area contributed by atoms with Crippen LogP contribution < -0.4 is 10.6 Å². The second-order valence-corrected chi connectivity index (χ2v) is 5.05. The molecule has 0 spiro atoms. The van der Waals surface area contributed by atoms with Gasteiger partial charge in [-0.15, -0.1) is 0 Å². The molecule has 0 bridgehead atoms. The van der Waals surface area contributed by atoms with Crippen molar-refractivity contribution in [3.63, 3.8) is 0 Å². The Bertz CT molecular complexity index is 225. The van der Waals surface area contributed by atoms with E-state index in [9.17, 15) is 4.79 Å². The zero-order valence-corrected chi connectivity index (χ0v) is 10.6. The molecule has 0 heterocycles. The van der Waals surface area contributed by atoms with Crippen LogP contribution in [0.2, 0.25) is 0 Å². The quantitative estimate of drug-likeness (QED) is 0.714. The molecule has 4 heteroatoms. The monoisotopic (exact) mass is 228 g/mol. The number of nitrogens with one attached hydrogen (secondary N) is 2. The summed E-state index contributed by atoms with van der Waals surface area (Å²) in [6.07, 6.45) is 4.89. The number of carbonyl (C=O) groups excluding carboxylic acids is 1. The highest BCUT2D eigenvalue weighted by Crippen LogP contribution is 2.28. The fourth-order valence-corrected chi connectivity index (χ4v) is 2.24. The van der Waals surface area contributed by atoms with Crippen LogP contribution in [-0.4, -0.2) is 37.7 Å². The Hall–Kier alpha value is -0.610. The first-order valence-electron chi connectivity index (χ1n) is 6.09. The lowest BCUT2D eigenvalue weighted by molar-refractivity contribution is -0.121. The van der Waals surface area contributed by atoms with Crippen molar-refractivity contribution in [1.29, 1.82) is 0 Å². The van der Waals surface area contributed by atoms with E-state index >= 15 is 0 Å². The lowest BCUT2D eigenvalue weighted by atomic mass is 10.0. The number of ether oxygens (including phenoxy) is 1. The SMILES string of the molecule is COCC(C)NC(=O)CNC1(C)CCCC1. The van der Waals surface area contributed by atoms with E-state index in [1.807, 2.05) is 6.92 Å². The van der Waals surface area contributed by atoms with Crippen LogP contribution in [0, 0.1) is 0 Å². The fraction of sp³-hybridized carbons (Fsp3) is 0.917. The van der Waals surface area contributed by atoms with Gasteiger partial charge in [0.05, 0.1) is 13.2 Å². The van der Waals surface area contributed by atoms with Crippen molar-refractivity contribution in [2.24, 2.45) is 0 Å². The Morgan fingerprint density at radius 1 is 1.44 bits per heavy atom. The Morgan fingerprint density at radius 2 is 2.06 bits per heavy atom. The van der Waals surface area contributed by atoms with Crippen molar-refractivity contribution in [2.45, 2.75) is 51.1 Å². The van der Waals surface area contributed by atoms with Gasteiger partial charge in [-0.2, -0.15) is 0 Å². The smallest absolute Gasteiger partial charge is 0.234 e. The number of hydrogen-bond acceptors (Lipinski definition) is 3. The standard InChI is InChI=1S/C12H24N2O2/c1-10(9-16-3)14-11(15)8-13-12(2)6-4-5-7-12/h10,13H,4-9H2,1-3H3,(H,14,15). The third-order valence-corrected chi connectivity index (χ3v) is 3.21. The first kappa shape index (κ1) is 13.5. The van der Waals surface area contributed by atoms with Crippen LogP contribution >= 0.6 is 0 Å². The zero-order valence-electron chi connectivity index (χ0n) is 10.6. The minimum absolute atomic E-state index is 0.0534. The molecule has 1 fully saturated rings. The molecule has 0 aromatic carbocycles. The van der Waals surface area contributed by atoms with E-state index in [4.69, 9.17) is 4.74 Å². The van der Waals surface area contributed by atoms with Gasteiger partial charge in [0, 0.05) is 18.7 Å². The second kappa shape index (κ2) is 6.21. The van der Waals surface area contributed by atoms with Gasteiger partial charge in [-0.1, -0.05) is 12.8 Å². The molecule has 0 radical (unpaired) electrons. The van der Waals surface area contributed by atoms with E-state index in [0.29, 0.717) is 13.2 Å². The predicted molar refractivity (Wildman–Crippen MR) is 64.4 cm³/mol. The van der Waals surface area contributed by atoms with E-state index in [1.165, 1.54) is 25.7 Å². The molecule has 0 aromatic heterocycles. The van der Waals surface area contributed by atoms with Crippen molar-refractivity contribution in [3.8, 4) is 0 Å². The summed E-state index contributed by atoms with van der Waals surface area (Å²) < 4.78 is 4.97. The number of amides is 1. The molecule has 0 aliphatic heterocycles. The molecule has 0 saturated heterocycles. The molecule has 1 aliphatic carbocycles. The summed E-state index contributed by atoms with van der Waals surface area (Å²) in [5, 5.41) is 6.25. The normalized spacial score (nSPS) is 20.7. The van der Waals surface area contributed by atoms with Crippen molar-refractivity contribution in [1.82, 2.24) is 10.6 Å². The maximum atomic E-state index is 11.6. The fourth-order valence-electron chi connectivity index (χ4n) is 2.24. The topological polar surface area (TPSA) is 50.4 Å². The largest absolute Gasteiger partial charge is 0.383 e. The number of carbonyl (C=O) groups is 1. The molecule has 4 nitrogen and oxygen atoms in total. The van der Waals surface area contributed by atoms with E-state index in [1.54, 1.807) is 7.11 Å². The van der Waals surface area contributed by atoms with Gasteiger partial charge in [-0.25, -0.2) is 0 Å². The highest BCUT2D eigenvalue weighted by atomic mass is 16.5. The number of hydrogen-bond donors (Lipinski definition) is 2. The highest BCUT2D eigenvalue weighted by Gasteiger charge is 2.28. The molecular weight excluding hydrogens is 204 g/mol. The zero-order chi connectivity index (χ0) is 12.0. The van der Waals surface area contributed by atoms with E-state index in [2.05, 4.69) is 17.6 Å². The van der Waals surface area contributed by atoms with Gasteiger partial charge in [-0.05, 0) is 26.7 Å². The van der Waals surface area contributed by atoms with Gasteiger partial charge >= 0.3 is 0 Å². The van der Waals surface area contributed by atoms with Gasteiger partial charge in [0.15, 0.2) is 0 Å². The highest BCUT2D eigenvalue weighted by molar-refractivity contribution is 5.78. The summed E-state index contributed by atoms with van der Waals surface area (Å²) in [4.78, 5) is 11.6. The van der Waals surface area contributed by atoms with E-state index < -0.39 is 0 Å². The average Bonchev–Trinajstić information content (AvgIpc) is 2.63. The minimum atomic E-state index is 0.0534. The average molecular weight is 228 g/mol. The second-order valence-electron chi connectivity index (χ2n) is 5.05. The van der Waals surface area contributed by atoms with Crippen LogP contribution in [0.25, 0.3) is 0 Å². The van der Waals surface area contributed by atoms with Crippen LogP contribution in [0.5, 0.6) is 0 Å². The van der Waals surface area contributed by atoms with Gasteiger partial charge in [0.1, 0.15) is 0 Å². The Morgan fingerprint density at radius 3 is 2.62 bits per heavy atom. The lowest BCUT2D eigenvalue weighted by Gasteiger charge is -2.25. The van der Waals surface area contributed by atoms with E-state index in [0.717, 1.165) is 0 Å². The van der Waals surface area contributed by atoms with Gasteiger partial charge in [0.25, 0.3) is 0 Å². The predicted octanol–water partition coefficient (Wildman–Crippen LogP) is 1.06. The maximum Gasteiger partial charge on any atom is 0.234 e. The van der Waals surface area contributed by atoms with Crippen molar-refractivity contribution in [2.75, 3.05) is 20.3 Å². The lowest BCUT2D eigenvalue weighted by Crippen LogP contribution is -2.47. The van der Waals surface area contributed by atoms with Crippen molar-refractivity contribution < 1.29 is 9.53 Å². The van der Waals surface area contributed by atoms with Crippen molar-refractivity contribution >= 4 is 5.91 Å². The first-order valence-corrected chi connectivity index (χ1v) is 6.09. The van der Waals surface area contributed by atoms with Crippen LogP contribution in [0.3, 0.4) is 0 Å².